The molecule has 13 heteroatoms. The number of hydrogen-bond acceptors (Lipinski definition) is 5. The van der Waals surface area contributed by atoms with Gasteiger partial charge in [0.25, 0.3) is 5.91 Å². The van der Waals surface area contributed by atoms with Crippen LogP contribution >= 0.6 is 0 Å². The lowest BCUT2D eigenvalue weighted by atomic mass is 9.93. The van der Waals surface area contributed by atoms with Crippen LogP contribution in [0.2, 0.25) is 0 Å². The minimum Gasteiger partial charge on any atom is -0.363 e. The van der Waals surface area contributed by atoms with Gasteiger partial charge in [-0.25, -0.2) is 14.5 Å². The van der Waals surface area contributed by atoms with Gasteiger partial charge in [0.15, 0.2) is 5.69 Å². The molecule has 7 nitrogen and oxygen atoms in total. The molecule has 4 rings (SSSR count). The number of pyridine rings is 1. The Bertz CT molecular complexity index is 1190. The molecule has 1 aromatic carbocycles. The maximum Gasteiger partial charge on any atom is 0.455 e. The lowest BCUT2D eigenvalue weighted by Crippen LogP contribution is -2.47. The van der Waals surface area contributed by atoms with E-state index in [1.807, 2.05) is 0 Å². The first-order valence-corrected chi connectivity index (χ1v) is 9.86. The van der Waals surface area contributed by atoms with Crippen molar-refractivity contribution in [3.05, 3.63) is 77.5 Å². The van der Waals surface area contributed by atoms with E-state index in [-0.39, 0.29) is 5.82 Å². The third-order valence-electron chi connectivity index (χ3n) is 5.20. The highest BCUT2D eigenvalue weighted by molar-refractivity contribution is 5.93. The molecule has 3 aromatic rings. The molecule has 34 heavy (non-hydrogen) atoms. The number of carbonyl (C=O) groups excluding carboxylic acids is 1. The normalized spacial score (nSPS) is 18.4. The van der Waals surface area contributed by atoms with Gasteiger partial charge < -0.3 is 5.32 Å². The number of rotatable bonds is 5. The Kier molecular flexibility index (Phi) is 6.02. The smallest absolute Gasteiger partial charge is 0.363 e. The lowest BCUT2D eigenvalue weighted by Gasteiger charge is -2.37. The topological polar surface area (TPSA) is 84.2 Å². The summed E-state index contributed by atoms with van der Waals surface area (Å²) in [6, 6.07) is 5.50. The summed E-state index contributed by atoms with van der Waals surface area (Å²) in [5.74, 6) is -6.88. The summed E-state index contributed by atoms with van der Waals surface area (Å²) < 4.78 is 82.3. The summed E-state index contributed by atoms with van der Waals surface area (Å²) in [6.07, 6.45) is -2.29. The monoisotopic (exact) mass is 482 g/mol. The molecule has 0 fully saturated rings. The molecule has 2 atom stereocenters. The van der Waals surface area contributed by atoms with Gasteiger partial charge in [0.2, 0.25) is 0 Å². The third kappa shape index (κ3) is 4.58. The van der Waals surface area contributed by atoms with Crippen LogP contribution in [0.5, 0.6) is 0 Å². The summed E-state index contributed by atoms with van der Waals surface area (Å²) >= 11 is 0. The molecule has 0 radical (unpaired) electrons. The Balaban J connectivity index is 1.63. The molecule has 0 unspecified atom stereocenters. The van der Waals surface area contributed by atoms with E-state index in [1.165, 1.54) is 30.7 Å². The Morgan fingerprint density at radius 2 is 1.79 bits per heavy atom. The second kappa shape index (κ2) is 8.80. The SMILES string of the molecule is O=C(N/N=C\c1ccncc1)c1cc2n(n1)[C@H](C(F)(F)C(F)(F)F)C[C@@H](c1ccc(F)cc1)N2. The number of alkyl halides is 5. The maximum absolute atomic E-state index is 14.4. The minimum absolute atomic E-state index is 0.224. The molecule has 2 aromatic heterocycles. The molecule has 0 saturated heterocycles. The van der Waals surface area contributed by atoms with Gasteiger partial charge in [-0.2, -0.15) is 32.2 Å². The van der Waals surface area contributed by atoms with Gasteiger partial charge >= 0.3 is 12.1 Å². The summed E-state index contributed by atoms with van der Waals surface area (Å²) in [6.45, 7) is 0. The highest BCUT2D eigenvalue weighted by Gasteiger charge is 2.64. The van der Waals surface area contributed by atoms with E-state index in [2.05, 4.69) is 25.9 Å². The summed E-state index contributed by atoms with van der Waals surface area (Å²) in [4.78, 5) is 16.2. The van der Waals surface area contributed by atoms with E-state index in [0.29, 0.717) is 15.8 Å². The van der Waals surface area contributed by atoms with E-state index in [4.69, 9.17) is 0 Å². The maximum atomic E-state index is 14.4. The fourth-order valence-electron chi connectivity index (χ4n) is 3.49. The van der Waals surface area contributed by atoms with Crippen molar-refractivity contribution in [3.8, 4) is 0 Å². The predicted molar refractivity (Wildman–Crippen MR) is 109 cm³/mol. The molecule has 1 aliphatic heterocycles. The fraction of sp³-hybridized carbons (Fsp3) is 0.238. The molecular formula is C21H16F6N6O. The number of benzene rings is 1. The molecule has 1 aliphatic rings. The van der Waals surface area contributed by atoms with E-state index >= 15 is 0 Å². The molecule has 0 spiro atoms. The molecule has 178 valence electrons. The zero-order chi connectivity index (χ0) is 24.5. The van der Waals surface area contributed by atoms with Crippen molar-refractivity contribution in [2.45, 2.75) is 30.6 Å². The predicted octanol–water partition coefficient (Wildman–Crippen LogP) is 4.48. The van der Waals surface area contributed by atoms with Crippen molar-refractivity contribution in [2.75, 3.05) is 5.32 Å². The first kappa shape index (κ1) is 23.3. The fourth-order valence-corrected chi connectivity index (χ4v) is 3.49. The molecule has 1 amide bonds. The second-order valence-corrected chi connectivity index (χ2v) is 7.46. The van der Waals surface area contributed by atoms with Crippen molar-refractivity contribution >= 4 is 17.9 Å². The van der Waals surface area contributed by atoms with Crippen LogP contribution in [0.25, 0.3) is 0 Å². The van der Waals surface area contributed by atoms with Crippen molar-refractivity contribution in [2.24, 2.45) is 5.10 Å². The van der Waals surface area contributed by atoms with Crippen LogP contribution in [0.3, 0.4) is 0 Å². The number of aromatic nitrogens is 3. The zero-order valence-electron chi connectivity index (χ0n) is 17.1. The van der Waals surface area contributed by atoms with Crippen molar-refractivity contribution in [3.63, 3.8) is 0 Å². The minimum atomic E-state index is -5.86. The van der Waals surface area contributed by atoms with Gasteiger partial charge in [-0.1, -0.05) is 12.1 Å². The van der Waals surface area contributed by atoms with Crippen LogP contribution in [-0.4, -0.2) is 39.0 Å². The lowest BCUT2D eigenvalue weighted by molar-refractivity contribution is -0.301. The largest absolute Gasteiger partial charge is 0.455 e. The van der Waals surface area contributed by atoms with E-state index in [1.54, 1.807) is 12.1 Å². The number of amides is 1. The number of carbonyl (C=O) groups is 1. The van der Waals surface area contributed by atoms with Gasteiger partial charge in [-0.05, 0) is 35.4 Å². The first-order valence-electron chi connectivity index (χ1n) is 9.86. The highest BCUT2D eigenvalue weighted by Crippen LogP contribution is 2.50. The second-order valence-electron chi connectivity index (χ2n) is 7.46. The Labute approximate surface area is 188 Å². The van der Waals surface area contributed by atoms with Crippen LogP contribution in [-0.2, 0) is 0 Å². The molecule has 2 N–H and O–H groups in total. The number of halogens is 6. The first-order chi connectivity index (χ1) is 16.1. The molecule has 0 saturated carbocycles. The molecular weight excluding hydrogens is 466 g/mol. The average Bonchev–Trinajstić information content (AvgIpc) is 3.23. The Morgan fingerprint density at radius 1 is 1.12 bits per heavy atom. The zero-order valence-corrected chi connectivity index (χ0v) is 17.1. The standard InChI is InChI=1S/C21H16F6N6O/c22-14-3-1-13(2-4-14)15-9-17(20(23,24)21(25,26)27)33-18(30-15)10-16(32-33)19(34)31-29-11-12-5-7-28-8-6-12/h1-8,10-11,15,17,30H,9H2,(H,31,34)/b29-11-/t15-,17-/m0/s1. The number of hydrazone groups is 1. The summed E-state index contributed by atoms with van der Waals surface area (Å²) in [7, 11) is 0. The van der Waals surface area contributed by atoms with Crippen LogP contribution in [0.4, 0.5) is 32.2 Å². The van der Waals surface area contributed by atoms with Gasteiger partial charge in [0, 0.05) is 24.9 Å². The van der Waals surface area contributed by atoms with Crippen molar-refractivity contribution < 1.29 is 31.1 Å². The number of nitrogens with zero attached hydrogens (tertiary/aromatic N) is 4. The van der Waals surface area contributed by atoms with Gasteiger partial charge in [0.1, 0.15) is 17.7 Å². The summed E-state index contributed by atoms with van der Waals surface area (Å²) in [5.41, 5.74) is 2.63. The average molecular weight is 482 g/mol. The van der Waals surface area contributed by atoms with Crippen molar-refractivity contribution in [1.29, 1.82) is 0 Å². The Morgan fingerprint density at radius 3 is 2.44 bits per heavy atom. The van der Waals surface area contributed by atoms with Crippen molar-refractivity contribution in [1.82, 2.24) is 20.2 Å². The molecule has 0 aliphatic carbocycles. The Hall–Kier alpha value is -3.90. The molecule has 3 heterocycles. The van der Waals surface area contributed by atoms with E-state index < -0.39 is 48.0 Å². The number of anilines is 1. The van der Waals surface area contributed by atoms with Gasteiger partial charge in [0.05, 0.1) is 12.3 Å². The summed E-state index contributed by atoms with van der Waals surface area (Å²) in [5, 5.41) is 10.2. The van der Waals surface area contributed by atoms with Gasteiger partial charge in [-0.15, -0.1) is 0 Å². The van der Waals surface area contributed by atoms with Crippen LogP contribution < -0.4 is 10.7 Å². The van der Waals surface area contributed by atoms with E-state index in [0.717, 1.165) is 18.2 Å². The quantitative estimate of drug-likeness (QED) is 0.319. The van der Waals surface area contributed by atoms with E-state index in [9.17, 15) is 31.1 Å². The molecule has 0 bridgehead atoms. The van der Waals surface area contributed by atoms with Gasteiger partial charge in [-0.3, -0.25) is 9.78 Å². The van der Waals surface area contributed by atoms with Crippen LogP contribution in [0.15, 0.2) is 60.0 Å². The van der Waals surface area contributed by atoms with Crippen LogP contribution in [0.1, 0.15) is 40.1 Å². The van der Waals surface area contributed by atoms with Crippen LogP contribution in [0, 0.1) is 5.82 Å². The number of hydrogen-bond donors (Lipinski definition) is 2. The highest BCUT2D eigenvalue weighted by atomic mass is 19.4. The number of fused-ring (bicyclic) bond motifs is 1. The number of nitrogens with one attached hydrogen (secondary N) is 2. The third-order valence-corrected chi connectivity index (χ3v) is 5.20.